The Balaban J connectivity index is 0.000000207. The van der Waals surface area contributed by atoms with E-state index < -0.39 is 0 Å². The number of benzene rings is 12. The summed E-state index contributed by atoms with van der Waals surface area (Å²) in [4.78, 5) is 116. The molecule has 3 aromatic heterocycles. The average molecular weight is 1870 g/mol. The number of nitrogens with zero attached hydrogens (tertiary/aromatic N) is 15. The molecule has 704 valence electrons. The molecule has 0 aliphatic rings. The number of rotatable bonds is 40. The molecule has 0 aliphatic carbocycles. The Hall–Kier alpha value is -15.0. The highest BCUT2D eigenvalue weighted by atomic mass is 35.5. The number of nitrogens with two attached hydrogens (primary N) is 1. The summed E-state index contributed by atoms with van der Waals surface area (Å²) in [5, 5.41) is 0. The van der Waals surface area contributed by atoms with E-state index in [1.54, 1.807) is 41.9 Å². The Labute approximate surface area is 816 Å². The van der Waals surface area contributed by atoms with Crippen LogP contribution in [0.1, 0.15) is 47.0 Å². The van der Waals surface area contributed by atoms with Gasteiger partial charge in [0.15, 0.2) is 13.1 Å². The summed E-state index contributed by atoms with van der Waals surface area (Å²) >= 11 is 5.66. The Bertz CT molecular complexity index is 5610. The van der Waals surface area contributed by atoms with Crippen LogP contribution in [0.2, 0.25) is 0 Å². The molecule has 23 nitrogen and oxygen atoms in total. The molecule has 15 aromatic rings. The van der Waals surface area contributed by atoms with E-state index in [0.717, 1.165) is 101 Å². The van der Waals surface area contributed by atoms with E-state index in [1.807, 2.05) is 441 Å². The van der Waals surface area contributed by atoms with Crippen molar-refractivity contribution in [3.8, 4) is 0 Å². The number of alkyl halides is 1. The molecule has 7 amide bonds. The van der Waals surface area contributed by atoms with E-state index in [1.165, 1.54) is 0 Å². The van der Waals surface area contributed by atoms with Gasteiger partial charge in [-0.05, 0) is 183 Å². The lowest BCUT2D eigenvalue weighted by Crippen LogP contribution is -3.00. The number of aryl methyl sites for hydroxylation is 3. The summed E-state index contributed by atoms with van der Waals surface area (Å²) in [5.41, 5.74) is 14.6. The van der Waals surface area contributed by atoms with Crippen molar-refractivity contribution in [2.75, 3.05) is 94.2 Å². The Morgan fingerprint density at radius 2 is 0.533 bits per heavy atom. The third-order valence-electron chi connectivity index (χ3n) is 21.8. The molecule has 0 bridgehead atoms. The zero-order chi connectivity index (χ0) is 95.4. The lowest BCUT2D eigenvalue weighted by Gasteiger charge is -2.30. The summed E-state index contributed by atoms with van der Waals surface area (Å²) in [7, 11) is 0. The molecule has 3 heterocycles. The number of anilines is 12. The first-order valence-corrected chi connectivity index (χ1v) is 46.6. The lowest BCUT2D eigenvalue weighted by molar-refractivity contribution is -0.684. The van der Waals surface area contributed by atoms with Gasteiger partial charge in [-0.2, -0.15) is 0 Å². The Morgan fingerprint density at radius 1 is 0.307 bits per heavy atom. The fourth-order valence-corrected chi connectivity index (χ4v) is 15.8. The molecule has 0 fully saturated rings. The molecule has 12 aromatic carbocycles. The number of imidazole rings is 3. The lowest BCUT2D eigenvalue weighted by atomic mass is 10.1. The second kappa shape index (κ2) is 55.0. The SMILES string of the molecule is CC(C)CN(CC(C)C)C(=O)C[n+]1ccn(CCCN(CC(=O)N(c2ccccc2)c2ccccc2)CC(=O)N(c2ccccc2)c2ccccc2)c1.NCCCn1ccnc1.O=C(CCl)N(c1ccccc1)c1ccccc1.O=C(CN(CCCn1cc[n+](CC(=O)N(c2ccccc2)c2ccccc2)c1)CC(=O)N(c1ccccc1)c1ccccc1)N(c1ccccc1)c1ccccc1.[Cl-]. The van der Waals surface area contributed by atoms with Crippen LogP contribution >= 0.6 is 11.6 Å². The van der Waals surface area contributed by atoms with Crippen molar-refractivity contribution < 1.29 is 55.1 Å². The number of aromatic nitrogens is 6. The highest BCUT2D eigenvalue weighted by Gasteiger charge is 2.30. The average Bonchev–Trinajstić information content (AvgIpc) is 1.61. The number of amides is 7. The molecule has 0 aliphatic heterocycles. The molecular formula is C112H121Cl2N16O7+. The van der Waals surface area contributed by atoms with Gasteiger partial charge in [-0.1, -0.05) is 246 Å². The van der Waals surface area contributed by atoms with Crippen molar-refractivity contribution in [2.45, 2.75) is 79.7 Å². The first-order chi connectivity index (χ1) is 66.5. The number of para-hydroxylation sites is 12. The number of hydrogen-bond acceptors (Lipinski definition) is 11. The smallest absolute Gasteiger partial charge is 0.273 e. The van der Waals surface area contributed by atoms with Crippen LogP contribution in [0.5, 0.6) is 0 Å². The summed E-state index contributed by atoms with van der Waals surface area (Å²) < 4.78 is 9.92. The predicted octanol–water partition coefficient (Wildman–Crippen LogP) is 16.7. The second-order valence-electron chi connectivity index (χ2n) is 33.3. The summed E-state index contributed by atoms with van der Waals surface area (Å²) in [6, 6.07) is 115. The van der Waals surface area contributed by atoms with E-state index in [0.29, 0.717) is 50.9 Å². The standard InChI is InChI=1S/C48H45N6O3.C44H53N6O3.C14H12ClNO.C6H11N3.ClH/c55-46(52(40-20-7-1-8-21-40)41-22-9-2-10-23-41)36-50(37-47(56)53(42-24-11-3-12-25-42)43-26-13-4-14-27-43)33-19-32-49-34-35-51(39-49)38-48(57)54(44-28-15-5-16-29-44)45-30-17-6-18-31-45;1-36(2)30-48(31-37(3)4)42(51)32-47-29-28-45(35-47)26-17-27-46(33-43(52)49(38-18-9-5-10-19-38)39-20-11-6-12-21-39)34-44(53)50(40-22-13-7-14-23-40)41-24-15-8-16-25-41;15-11-14(17)16(12-7-3-1-4-8-12)13-9-5-2-6-10-13;7-2-1-4-9-5-3-8-6-9;/h1-18,20-31,34-35,39H,19,32-33,36-38H2;5-16,18-25,28-29,35-37H,17,26-27,30-34H2,1-4H3;1-10H,11H2;3,5-6H,1-2,4,7H2;1H/q2*+1;;;/p-1. The summed E-state index contributed by atoms with van der Waals surface area (Å²) in [5.74, 6) is 0.102. The van der Waals surface area contributed by atoms with Gasteiger partial charge in [0.2, 0.25) is 42.2 Å². The monoisotopic (exact) mass is 1870 g/mol. The molecule has 2 N–H and O–H groups in total. The maximum Gasteiger partial charge on any atom is 0.273 e. The highest BCUT2D eigenvalue weighted by molar-refractivity contribution is 6.30. The van der Waals surface area contributed by atoms with E-state index in [4.69, 9.17) is 17.3 Å². The van der Waals surface area contributed by atoms with E-state index in [-0.39, 0.29) is 98.9 Å². The first-order valence-electron chi connectivity index (χ1n) is 46.1. The van der Waals surface area contributed by atoms with Gasteiger partial charge in [0.25, 0.3) is 11.8 Å². The number of hydrogen-bond donors (Lipinski definition) is 1. The third kappa shape index (κ3) is 31.8. The van der Waals surface area contributed by atoms with Gasteiger partial charge in [0.1, 0.15) is 30.7 Å². The summed E-state index contributed by atoms with van der Waals surface area (Å²) in [6.45, 7) is 14.5. The molecule has 0 saturated carbocycles. The van der Waals surface area contributed by atoms with Gasteiger partial charge in [-0.3, -0.25) is 72.8 Å². The van der Waals surface area contributed by atoms with Crippen molar-refractivity contribution in [1.29, 1.82) is 0 Å². The highest BCUT2D eigenvalue weighted by Crippen LogP contribution is 2.33. The third-order valence-corrected chi connectivity index (χ3v) is 22.1. The van der Waals surface area contributed by atoms with Crippen LogP contribution in [-0.2, 0) is 66.3 Å². The number of halogens is 2. The van der Waals surface area contributed by atoms with Crippen LogP contribution < -0.4 is 56.7 Å². The minimum atomic E-state index is -0.148. The van der Waals surface area contributed by atoms with Crippen molar-refractivity contribution in [3.05, 3.63) is 420 Å². The van der Waals surface area contributed by atoms with Crippen LogP contribution in [-0.4, -0.2) is 140 Å². The van der Waals surface area contributed by atoms with E-state index in [2.05, 4.69) is 37.2 Å². The molecule has 0 spiro atoms. The largest absolute Gasteiger partial charge is 1.00 e. The topological polar surface area (TPSA) is 210 Å². The Kier molecular flexibility index (Phi) is 41.2. The van der Waals surface area contributed by atoms with Crippen LogP contribution in [0.3, 0.4) is 0 Å². The molecule has 0 atom stereocenters. The van der Waals surface area contributed by atoms with Crippen LogP contribution in [0.25, 0.3) is 0 Å². The molecule has 0 saturated heterocycles. The molecule has 0 radical (unpaired) electrons. The van der Waals surface area contributed by atoms with Gasteiger partial charge in [0, 0.05) is 113 Å². The van der Waals surface area contributed by atoms with Crippen molar-refractivity contribution in [1.82, 2.24) is 33.4 Å². The number of carbonyl (C=O) groups excluding carboxylic acids is 7. The predicted molar refractivity (Wildman–Crippen MR) is 544 cm³/mol. The van der Waals surface area contributed by atoms with Crippen molar-refractivity contribution in [2.24, 2.45) is 17.6 Å². The fraction of sp³-hybridized carbons (Fsp3) is 0.214. The zero-order valence-corrected chi connectivity index (χ0v) is 79.6. The van der Waals surface area contributed by atoms with E-state index in [9.17, 15) is 33.6 Å². The quantitative estimate of drug-likeness (QED) is 0.0282. The molecule has 25 heteroatoms. The second-order valence-corrected chi connectivity index (χ2v) is 33.6. The van der Waals surface area contributed by atoms with Gasteiger partial charge in [0.05, 0.1) is 45.6 Å². The van der Waals surface area contributed by atoms with Crippen molar-refractivity contribution in [3.63, 3.8) is 0 Å². The minimum absolute atomic E-state index is 0. The normalized spacial score (nSPS) is 10.8. The van der Waals surface area contributed by atoms with Crippen LogP contribution in [0.15, 0.2) is 420 Å². The molecule has 15 rings (SSSR count). The maximum absolute atomic E-state index is 14.4. The zero-order valence-electron chi connectivity index (χ0n) is 78.1. The molecule has 137 heavy (non-hydrogen) atoms. The van der Waals surface area contributed by atoms with Gasteiger partial charge in [-0.25, -0.2) is 23.3 Å². The maximum atomic E-state index is 14.4. The van der Waals surface area contributed by atoms with Gasteiger partial charge >= 0.3 is 0 Å². The van der Waals surface area contributed by atoms with Crippen LogP contribution in [0, 0.1) is 11.8 Å². The van der Waals surface area contributed by atoms with Crippen molar-refractivity contribution >= 4 is 121 Å². The molecular weight excluding hydrogens is 1750 g/mol. The van der Waals surface area contributed by atoms with Gasteiger partial charge < -0.3 is 27.6 Å². The van der Waals surface area contributed by atoms with E-state index >= 15 is 0 Å². The van der Waals surface area contributed by atoms with Crippen LogP contribution in [0.4, 0.5) is 68.2 Å². The first kappa shape index (κ1) is 103. The fourth-order valence-electron chi connectivity index (χ4n) is 15.7. The Morgan fingerprint density at radius 3 is 0.752 bits per heavy atom. The minimum Gasteiger partial charge on any atom is -1.00 e. The molecule has 0 unspecified atom stereocenters. The number of carbonyl (C=O) groups is 7. The van der Waals surface area contributed by atoms with Gasteiger partial charge in [-0.15, -0.1) is 11.6 Å². The summed E-state index contributed by atoms with van der Waals surface area (Å²) in [6.07, 6.45) is 19.5.